The van der Waals surface area contributed by atoms with Crippen molar-refractivity contribution >= 4 is 23.2 Å². The molecule has 0 aliphatic carbocycles. The highest BCUT2D eigenvalue weighted by Crippen LogP contribution is 2.25. The van der Waals surface area contributed by atoms with E-state index in [1.165, 1.54) is 6.42 Å². The lowest BCUT2D eigenvalue weighted by atomic mass is 10.0. The van der Waals surface area contributed by atoms with E-state index in [4.69, 9.17) is 23.2 Å². The van der Waals surface area contributed by atoms with Crippen LogP contribution in [0.3, 0.4) is 0 Å². The van der Waals surface area contributed by atoms with Crippen LogP contribution in [0.15, 0.2) is 6.07 Å². The summed E-state index contributed by atoms with van der Waals surface area (Å²) in [5, 5.41) is 4.72. The van der Waals surface area contributed by atoms with E-state index in [0.717, 1.165) is 12.2 Å². The van der Waals surface area contributed by atoms with Gasteiger partial charge in [0, 0.05) is 25.3 Å². The third-order valence-electron chi connectivity index (χ3n) is 3.32. The molecule has 0 fully saturated rings. The van der Waals surface area contributed by atoms with Crippen LogP contribution in [0.25, 0.3) is 0 Å². The predicted octanol–water partition coefficient (Wildman–Crippen LogP) is 3.86. The molecule has 16 heavy (non-hydrogen) atoms. The molecule has 2 unspecified atom stereocenters. The minimum atomic E-state index is 0.498. The number of hydrogen-bond donors (Lipinski definition) is 1. The van der Waals surface area contributed by atoms with Gasteiger partial charge in [-0.05, 0) is 18.9 Å². The van der Waals surface area contributed by atoms with Gasteiger partial charge in [0.1, 0.15) is 5.15 Å². The average molecular weight is 263 g/mol. The number of hydrogen-bond acceptors (Lipinski definition) is 1. The van der Waals surface area contributed by atoms with Gasteiger partial charge in [0.05, 0.1) is 5.02 Å². The van der Waals surface area contributed by atoms with Crippen LogP contribution in [0.2, 0.25) is 10.2 Å². The van der Waals surface area contributed by atoms with Crippen molar-refractivity contribution in [2.24, 2.45) is 13.0 Å². The summed E-state index contributed by atoms with van der Waals surface area (Å²) in [6.45, 7) is 7.47. The van der Waals surface area contributed by atoms with E-state index < -0.39 is 0 Å². The van der Waals surface area contributed by atoms with Gasteiger partial charge in [0.15, 0.2) is 0 Å². The van der Waals surface area contributed by atoms with Gasteiger partial charge in [0.25, 0.3) is 0 Å². The number of halogens is 2. The SMILES string of the molecule is CCC(C)C(C)NCc1cc(Cl)c(Cl)n1C. The average Bonchev–Trinajstić information content (AvgIpc) is 2.52. The molecule has 0 radical (unpaired) electrons. The summed E-state index contributed by atoms with van der Waals surface area (Å²) in [6, 6.07) is 2.41. The third-order valence-corrected chi connectivity index (χ3v) is 4.16. The Bertz CT molecular complexity index is 347. The summed E-state index contributed by atoms with van der Waals surface area (Å²) in [7, 11) is 1.93. The van der Waals surface area contributed by atoms with E-state index >= 15 is 0 Å². The maximum Gasteiger partial charge on any atom is 0.127 e. The Morgan fingerprint density at radius 1 is 1.38 bits per heavy atom. The molecule has 1 aromatic rings. The van der Waals surface area contributed by atoms with Crippen LogP contribution in [0.1, 0.15) is 32.9 Å². The second-order valence-electron chi connectivity index (χ2n) is 4.39. The van der Waals surface area contributed by atoms with Crippen LogP contribution in [-0.2, 0) is 13.6 Å². The van der Waals surface area contributed by atoms with Crippen molar-refractivity contribution in [2.75, 3.05) is 0 Å². The van der Waals surface area contributed by atoms with Gasteiger partial charge in [-0.15, -0.1) is 0 Å². The van der Waals surface area contributed by atoms with Gasteiger partial charge in [-0.3, -0.25) is 0 Å². The van der Waals surface area contributed by atoms with Crippen LogP contribution in [0.4, 0.5) is 0 Å². The van der Waals surface area contributed by atoms with E-state index in [1.54, 1.807) is 0 Å². The van der Waals surface area contributed by atoms with E-state index in [1.807, 2.05) is 17.7 Å². The standard InChI is InChI=1S/C12H20Cl2N2/c1-5-8(2)9(3)15-7-10-6-11(13)12(14)16(10)4/h6,8-9,15H,5,7H2,1-4H3. The molecule has 0 spiro atoms. The molecular weight excluding hydrogens is 243 g/mol. The molecule has 0 amide bonds. The fourth-order valence-electron chi connectivity index (χ4n) is 1.58. The Morgan fingerprint density at radius 2 is 2.00 bits per heavy atom. The predicted molar refractivity (Wildman–Crippen MR) is 71.2 cm³/mol. The molecule has 92 valence electrons. The first kappa shape index (κ1) is 13.9. The summed E-state index contributed by atoms with van der Waals surface area (Å²) in [6.07, 6.45) is 1.18. The van der Waals surface area contributed by atoms with E-state index in [0.29, 0.717) is 22.1 Å². The molecule has 0 aliphatic heterocycles. The van der Waals surface area contributed by atoms with Crippen LogP contribution in [0.5, 0.6) is 0 Å². The van der Waals surface area contributed by atoms with Crippen molar-refractivity contribution < 1.29 is 0 Å². The Labute approximate surface area is 108 Å². The highest BCUT2D eigenvalue weighted by atomic mass is 35.5. The van der Waals surface area contributed by atoms with Gasteiger partial charge in [-0.25, -0.2) is 0 Å². The Morgan fingerprint density at radius 3 is 2.44 bits per heavy atom. The molecule has 4 heteroatoms. The van der Waals surface area contributed by atoms with Gasteiger partial charge in [0.2, 0.25) is 0 Å². The van der Waals surface area contributed by atoms with Crippen molar-refractivity contribution in [3.05, 3.63) is 21.9 Å². The van der Waals surface area contributed by atoms with Crippen LogP contribution in [0, 0.1) is 5.92 Å². The summed E-state index contributed by atoms with van der Waals surface area (Å²) in [5.74, 6) is 0.672. The monoisotopic (exact) mass is 262 g/mol. The van der Waals surface area contributed by atoms with Crippen molar-refractivity contribution in [3.63, 3.8) is 0 Å². The minimum Gasteiger partial charge on any atom is -0.336 e. The molecule has 1 aromatic heterocycles. The summed E-state index contributed by atoms with van der Waals surface area (Å²) < 4.78 is 1.92. The maximum absolute atomic E-state index is 6.01. The fourth-order valence-corrected chi connectivity index (χ4v) is 1.99. The zero-order valence-corrected chi connectivity index (χ0v) is 11.9. The summed E-state index contributed by atoms with van der Waals surface area (Å²) >= 11 is 12.0. The van der Waals surface area contributed by atoms with E-state index in [-0.39, 0.29) is 0 Å². The van der Waals surface area contributed by atoms with Crippen LogP contribution >= 0.6 is 23.2 Å². The molecule has 2 nitrogen and oxygen atoms in total. The first-order valence-electron chi connectivity index (χ1n) is 5.70. The third kappa shape index (κ3) is 3.16. The first-order valence-corrected chi connectivity index (χ1v) is 6.45. The Kier molecular flexibility index (Phi) is 5.16. The lowest BCUT2D eigenvalue weighted by molar-refractivity contribution is 0.386. The Balaban J connectivity index is 2.58. The van der Waals surface area contributed by atoms with Gasteiger partial charge >= 0.3 is 0 Å². The number of nitrogens with one attached hydrogen (secondary N) is 1. The zero-order valence-electron chi connectivity index (χ0n) is 10.3. The molecule has 0 aromatic carbocycles. The van der Waals surface area contributed by atoms with Gasteiger partial charge in [-0.2, -0.15) is 0 Å². The zero-order chi connectivity index (χ0) is 12.3. The molecule has 2 atom stereocenters. The molecule has 0 bridgehead atoms. The van der Waals surface area contributed by atoms with Crippen LogP contribution < -0.4 is 5.32 Å². The largest absolute Gasteiger partial charge is 0.336 e. The fraction of sp³-hybridized carbons (Fsp3) is 0.667. The molecule has 1 heterocycles. The lowest BCUT2D eigenvalue weighted by Gasteiger charge is -2.20. The molecule has 0 aliphatic rings. The minimum absolute atomic E-state index is 0.498. The lowest BCUT2D eigenvalue weighted by Crippen LogP contribution is -2.31. The van der Waals surface area contributed by atoms with E-state index in [2.05, 4.69) is 26.1 Å². The normalized spacial score (nSPS) is 15.1. The molecule has 0 saturated carbocycles. The number of aromatic nitrogens is 1. The quantitative estimate of drug-likeness (QED) is 0.853. The van der Waals surface area contributed by atoms with Crippen molar-refractivity contribution in [2.45, 2.75) is 39.8 Å². The molecular formula is C12H20Cl2N2. The number of nitrogens with zero attached hydrogens (tertiary/aromatic N) is 1. The second kappa shape index (κ2) is 5.95. The first-order chi connectivity index (χ1) is 7.47. The van der Waals surface area contributed by atoms with E-state index in [9.17, 15) is 0 Å². The summed E-state index contributed by atoms with van der Waals surface area (Å²) in [5.41, 5.74) is 1.12. The molecule has 1 rings (SSSR count). The van der Waals surface area contributed by atoms with Crippen molar-refractivity contribution in [3.8, 4) is 0 Å². The Hall–Kier alpha value is -0.180. The topological polar surface area (TPSA) is 17.0 Å². The molecule has 0 saturated heterocycles. The van der Waals surface area contributed by atoms with Crippen LogP contribution in [-0.4, -0.2) is 10.6 Å². The van der Waals surface area contributed by atoms with Gasteiger partial charge < -0.3 is 9.88 Å². The van der Waals surface area contributed by atoms with Crippen molar-refractivity contribution in [1.29, 1.82) is 0 Å². The molecule has 1 N–H and O–H groups in total. The van der Waals surface area contributed by atoms with Crippen molar-refractivity contribution in [1.82, 2.24) is 9.88 Å². The highest BCUT2D eigenvalue weighted by Gasteiger charge is 2.12. The number of rotatable bonds is 5. The smallest absolute Gasteiger partial charge is 0.127 e. The second-order valence-corrected chi connectivity index (χ2v) is 5.15. The van der Waals surface area contributed by atoms with Gasteiger partial charge in [-0.1, -0.05) is 43.5 Å². The summed E-state index contributed by atoms with van der Waals surface area (Å²) in [4.78, 5) is 0. The highest BCUT2D eigenvalue weighted by molar-refractivity contribution is 6.41. The maximum atomic E-state index is 6.01.